The van der Waals surface area contributed by atoms with Crippen LogP contribution in [0.2, 0.25) is 0 Å². The second kappa shape index (κ2) is 4.84. The van der Waals surface area contributed by atoms with Crippen LogP contribution in [0.5, 0.6) is 0 Å². The molecule has 0 bridgehead atoms. The predicted molar refractivity (Wildman–Crippen MR) is 67.3 cm³/mol. The molecule has 1 aromatic rings. The topological polar surface area (TPSA) is 35.6 Å². The van der Waals surface area contributed by atoms with Crippen molar-refractivity contribution in [3.8, 4) is 0 Å². The van der Waals surface area contributed by atoms with Gasteiger partial charge in [-0.05, 0) is 23.9 Å². The largest absolute Gasteiger partial charge is 0.324 e. The van der Waals surface area contributed by atoms with Gasteiger partial charge in [-0.1, -0.05) is 0 Å². The summed E-state index contributed by atoms with van der Waals surface area (Å²) in [6, 6.07) is 2.15. The van der Waals surface area contributed by atoms with Crippen molar-refractivity contribution >= 4 is 22.4 Å². The van der Waals surface area contributed by atoms with E-state index < -0.39 is 0 Å². The smallest absolute Gasteiger partial charge is 0.322 e. The van der Waals surface area contributed by atoms with E-state index >= 15 is 0 Å². The fraction of sp³-hybridized carbons (Fsp3) is 0.545. The number of hydrogen-bond donors (Lipinski definition) is 1. The Morgan fingerprint density at radius 3 is 2.75 bits per heavy atom. The van der Waals surface area contributed by atoms with Crippen molar-refractivity contribution in [2.75, 3.05) is 38.1 Å². The molecule has 1 aromatic heterocycles. The third-order valence-electron chi connectivity index (χ3n) is 2.81. The molecule has 0 aliphatic carbocycles. The van der Waals surface area contributed by atoms with Crippen molar-refractivity contribution in [1.82, 2.24) is 10.2 Å². The van der Waals surface area contributed by atoms with Gasteiger partial charge in [-0.3, -0.25) is 4.90 Å². The lowest BCUT2D eigenvalue weighted by atomic mass is 10.3. The number of piperazine rings is 1. The summed E-state index contributed by atoms with van der Waals surface area (Å²) in [5.74, 6) is 0. The summed E-state index contributed by atoms with van der Waals surface area (Å²) in [5, 5.41) is 6.31. The van der Waals surface area contributed by atoms with Crippen LogP contribution in [0.3, 0.4) is 0 Å². The molecule has 1 aliphatic rings. The average molecular weight is 239 g/mol. The molecule has 0 radical (unpaired) electrons. The first-order valence-electron chi connectivity index (χ1n) is 5.47. The highest BCUT2D eigenvalue weighted by Crippen LogP contribution is 2.26. The third kappa shape index (κ3) is 2.20. The van der Waals surface area contributed by atoms with Crippen LogP contribution in [0.4, 0.5) is 9.80 Å². The van der Waals surface area contributed by atoms with Gasteiger partial charge in [-0.2, -0.15) is 0 Å². The van der Waals surface area contributed by atoms with E-state index in [4.69, 9.17) is 0 Å². The zero-order valence-electron chi connectivity index (χ0n) is 9.69. The number of hydrogen-bond acceptors (Lipinski definition) is 3. The van der Waals surface area contributed by atoms with Crippen LogP contribution in [0.15, 0.2) is 11.4 Å². The summed E-state index contributed by atoms with van der Waals surface area (Å²) in [6.07, 6.45) is 0. The maximum atomic E-state index is 12.2. The Balaban J connectivity index is 2.06. The van der Waals surface area contributed by atoms with E-state index in [-0.39, 0.29) is 6.03 Å². The number of nitrogens with one attached hydrogen (secondary N) is 1. The maximum Gasteiger partial charge on any atom is 0.324 e. The first-order valence-corrected chi connectivity index (χ1v) is 6.35. The van der Waals surface area contributed by atoms with Crippen LogP contribution < -0.4 is 10.2 Å². The molecule has 1 aliphatic heterocycles. The molecule has 0 spiro atoms. The van der Waals surface area contributed by atoms with Crippen molar-refractivity contribution in [2.45, 2.75) is 6.92 Å². The van der Waals surface area contributed by atoms with Crippen molar-refractivity contribution in [3.05, 3.63) is 17.0 Å². The molecule has 88 valence electrons. The zero-order valence-corrected chi connectivity index (χ0v) is 10.5. The monoisotopic (exact) mass is 239 g/mol. The molecular weight excluding hydrogens is 222 g/mol. The van der Waals surface area contributed by atoms with Gasteiger partial charge in [-0.25, -0.2) is 4.79 Å². The lowest BCUT2D eigenvalue weighted by molar-refractivity contribution is 0.198. The number of urea groups is 1. The molecule has 4 nitrogen and oxygen atoms in total. The highest BCUT2D eigenvalue weighted by Gasteiger charge is 2.22. The number of rotatable bonds is 1. The Labute approximate surface area is 99.9 Å². The fourth-order valence-corrected chi connectivity index (χ4v) is 2.75. The first-order chi connectivity index (χ1) is 7.70. The first kappa shape index (κ1) is 11.4. The molecule has 16 heavy (non-hydrogen) atoms. The summed E-state index contributed by atoms with van der Waals surface area (Å²) < 4.78 is 0. The SMILES string of the molecule is Cc1ccsc1N(C)C(=O)N1CCNCC1. The van der Waals surface area contributed by atoms with Gasteiger partial charge in [0, 0.05) is 33.2 Å². The number of nitrogens with zero attached hydrogens (tertiary/aromatic N) is 2. The molecule has 0 atom stereocenters. The van der Waals surface area contributed by atoms with Crippen LogP contribution in [0, 0.1) is 6.92 Å². The number of aryl methyl sites for hydroxylation is 1. The average Bonchev–Trinajstić information content (AvgIpc) is 2.75. The minimum atomic E-state index is 0.104. The summed E-state index contributed by atoms with van der Waals surface area (Å²) in [6.45, 7) is 5.42. The van der Waals surface area contributed by atoms with Gasteiger partial charge in [0.15, 0.2) is 0 Å². The highest BCUT2D eigenvalue weighted by atomic mass is 32.1. The van der Waals surface area contributed by atoms with E-state index in [0.717, 1.165) is 36.7 Å². The van der Waals surface area contributed by atoms with Gasteiger partial charge in [0.1, 0.15) is 5.00 Å². The van der Waals surface area contributed by atoms with Crippen LogP contribution in [0.1, 0.15) is 5.56 Å². The van der Waals surface area contributed by atoms with Gasteiger partial charge < -0.3 is 10.2 Å². The molecule has 1 N–H and O–H groups in total. The van der Waals surface area contributed by atoms with Gasteiger partial charge in [0.05, 0.1) is 0 Å². The van der Waals surface area contributed by atoms with Gasteiger partial charge in [-0.15, -0.1) is 11.3 Å². The minimum Gasteiger partial charge on any atom is -0.322 e. The zero-order chi connectivity index (χ0) is 11.5. The number of carbonyl (C=O) groups is 1. The van der Waals surface area contributed by atoms with Gasteiger partial charge in [0.2, 0.25) is 0 Å². The molecule has 0 aromatic carbocycles. The Hall–Kier alpha value is -1.07. The molecule has 0 saturated carbocycles. The number of thiophene rings is 1. The standard InChI is InChI=1S/C11H17N3OS/c1-9-3-8-16-10(9)13(2)11(15)14-6-4-12-5-7-14/h3,8,12H,4-7H2,1-2H3. The number of carbonyl (C=O) groups excluding carboxylic acids is 1. The van der Waals surface area contributed by atoms with Crippen LogP contribution in [0.25, 0.3) is 0 Å². The normalized spacial score (nSPS) is 16.2. The van der Waals surface area contributed by atoms with Crippen LogP contribution >= 0.6 is 11.3 Å². The molecule has 2 rings (SSSR count). The van der Waals surface area contributed by atoms with E-state index in [1.54, 1.807) is 16.2 Å². The second-order valence-corrected chi connectivity index (χ2v) is 4.88. The van der Waals surface area contributed by atoms with Crippen LogP contribution in [-0.2, 0) is 0 Å². The highest BCUT2D eigenvalue weighted by molar-refractivity contribution is 7.14. The summed E-state index contributed by atoms with van der Waals surface area (Å²) >= 11 is 1.61. The Kier molecular flexibility index (Phi) is 3.46. The van der Waals surface area contributed by atoms with E-state index in [1.807, 2.05) is 30.3 Å². The summed E-state index contributed by atoms with van der Waals surface area (Å²) in [4.78, 5) is 15.8. The lowest BCUT2D eigenvalue weighted by Crippen LogP contribution is -2.50. The fourth-order valence-electron chi connectivity index (χ4n) is 1.86. The molecule has 1 saturated heterocycles. The van der Waals surface area contributed by atoms with Crippen LogP contribution in [-0.4, -0.2) is 44.2 Å². The Bertz CT molecular complexity index is 371. The third-order valence-corrected chi connectivity index (χ3v) is 3.91. The lowest BCUT2D eigenvalue weighted by Gasteiger charge is -2.31. The van der Waals surface area contributed by atoms with E-state index in [2.05, 4.69) is 5.32 Å². The molecule has 2 heterocycles. The molecule has 5 heteroatoms. The van der Waals surface area contributed by atoms with Crippen molar-refractivity contribution in [1.29, 1.82) is 0 Å². The van der Waals surface area contributed by atoms with E-state index in [1.165, 1.54) is 0 Å². The molecule has 2 amide bonds. The van der Waals surface area contributed by atoms with Gasteiger partial charge >= 0.3 is 6.03 Å². The van der Waals surface area contributed by atoms with E-state index in [9.17, 15) is 4.79 Å². The van der Waals surface area contributed by atoms with Crippen molar-refractivity contribution in [3.63, 3.8) is 0 Å². The van der Waals surface area contributed by atoms with Crippen molar-refractivity contribution in [2.24, 2.45) is 0 Å². The maximum absolute atomic E-state index is 12.2. The van der Waals surface area contributed by atoms with E-state index in [0.29, 0.717) is 0 Å². The molecular formula is C11H17N3OS. The number of anilines is 1. The quantitative estimate of drug-likeness (QED) is 0.806. The predicted octanol–water partition coefficient (Wildman–Crippen LogP) is 1.52. The Morgan fingerprint density at radius 2 is 2.19 bits per heavy atom. The Morgan fingerprint density at radius 1 is 1.50 bits per heavy atom. The van der Waals surface area contributed by atoms with Gasteiger partial charge in [0.25, 0.3) is 0 Å². The summed E-state index contributed by atoms with van der Waals surface area (Å²) in [5.41, 5.74) is 1.16. The molecule has 1 fully saturated rings. The number of amides is 2. The minimum absolute atomic E-state index is 0.104. The molecule has 0 unspecified atom stereocenters. The summed E-state index contributed by atoms with van der Waals surface area (Å²) in [7, 11) is 1.85. The second-order valence-electron chi connectivity index (χ2n) is 3.99. The van der Waals surface area contributed by atoms with Crippen molar-refractivity contribution < 1.29 is 4.79 Å².